The Morgan fingerprint density at radius 3 is 2.25 bits per heavy atom. The Bertz CT molecular complexity index is 474. The lowest BCUT2D eigenvalue weighted by Crippen LogP contribution is -2.46. The summed E-state index contributed by atoms with van der Waals surface area (Å²) in [6.45, 7) is 7.01. The number of esters is 1. The molecule has 5 nitrogen and oxygen atoms in total. The van der Waals surface area contributed by atoms with E-state index in [2.05, 4.69) is 5.32 Å². The van der Waals surface area contributed by atoms with Crippen LogP contribution in [0.4, 0.5) is 0 Å². The summed E-state index contributed by atoms with van der Waals surface area (Å²) in [4.78, 5) is 23.7. The van der Waals surface area contributed by atoms with Gasteiger partial charge in [-0.3, -0.25) is 4.79 Å². The molecule has 1 rings (SSSR count). The zero-order valence-electron chi connectivity index (χ0n) is 12.3. The van der Waals surface area contributed by atoms with Crippen molar-refractivity contribution in [2.24, 2.45) is 0 Å². The molecule has 0 spiro atoms. The van der Waals surface area contributed by atoms with Gasteiger partial charge in [0.2, 0.25) is 0 Å². The van der Waals surface area contributed by atoms with Crippen molar-refractivity contribution < 1.29 is 19.4 Å². The van der Waals surface area contributed by atoms with Crippen LogP contribution < -0.4 is 5.32 Å². The van der Waals surface area contributed by atoms with Gasteiger partial charge in [0.05, 0.1) is 12.2 Å². The van der Waals surface area contributed by atoms with Gasteiger partial charge in [0, 0.05) is 5.54 Å². The molecule has 5 heteroatoms. The van der Waals surface area contributed by atoms with Crippen LogP contribution in [0.15, 0.2) is 24.3 Å². The topological polar surface area (TPSA) is 75.6 Å². The van der Waals surface area contributed by atoms with Gasteiger partial charge in [-0.05, 0) is 45.4 Å². The molecule has 0 saturated carbocycles. The minimum Gasteiger partial charge on any atom is -0.449 e. The largest absolute Gasteiger partial charge is 0.449 e. The number of carbonyl (C=O) groups excluding carboxylic acids is 2. The molecule has 1 amide bonds. The van der Waals surface area contributed by atoms with E-state index in [1.165, 1.54) is 6.92 Å². The van der Waals surface area contributed by atoms with E-state index in [0.29, 0.717) is 11.1 Å². The number of hydrogen-bond donors (Lipinski definition) is 2. The molecule has 0 heterocycles. The van der Waals surface area contributed by atoms with E-state index in [4.69, 9.17) is 9.84 Å². The molecule has 0 unspecified atom stereocenters. The SMILES string of the molecule is C[C@@H](OC(=O)c1ccc(CO)cc1)C(=O)NC(C)(C)C. The Hall–Kier alpha value is -1.88. The first-order valence-corrected chi connectivity index (χ1v) is 6.46. The quantitative estimate of drug-likeness (QED) is 0.822. The minimum atomic E-state index is -0.862. The fraction of sp³-hybridized carbons (Fsp3) is 0.467. The highest BCUT2D eigenvalue weighted by Gasteiger charge is 2.22. The summed E-state index contributed by atoms with van der Waals surface area (Å²) < 4.78 is 5.10. The number of amides is 1. The first-order valence-electron chi connectivity index (χ1n) is 6.46. The molecule has 0 saturated heterocycles. The number of benzene rings is 1. The third-order valence-corrected chi connectivity index (χ3v) is 2.52. The highest BCUT2D eigenvalue weighted by Crippen LogP contribution is 2.08. The molecule has 0 aromatic heterocycles. The van der Waals surface area contributed by atoms with E-state index < -0.39 is 12.1 Å². The molecule has 1 atom stereocenters. The van der Waals surface area contributed by atoms with Crippen LogP contribution in [0.5, 0.6) is 0 Å². The van der Waals surface area contributed by atoms with Gasteiger partial charge in [-0.25, -0.2) is 4.79 Å². The van der Waals surface area contributed by atoms with Crippen LogP contribution in [-0.4, -0.2) is 28.6 Å². The molecule has 1 aromatic rings. The van der Waals surface area contributed by atoms with Crippen molar-refractivity contribution in [1.29, 1.82) is 0 Å². The number of aliphatic hydroxyl groups is 1. The lowest BCUT2D eigenvalue weighted by Gasteiger charge is -2.23. The maximum Gasteiger partial charge on any atom is 0.338 e. The normalized spacial score (nSPS) is 12.7. The summed E-state index contributed by atoms with van der Waals surface area (Å²) in [5.41, 5.74) is 0.679. The molecule has 0 aliphatic carbocycles. The van der Waals surface area contributed by atoms with Crippen molar-refractivity contribution in [2.75, 3.05) is 0 Å². The second kappa shape index (κ2) is 6.52. The van der Waals surface area contributed by atoms with Crippen molar-refractivity contribution in [3.8, 4) is 0 Å². The number of nitrogens with one attached hydrogen (secondary N) is 1. The standard InChI is InChI=1S/C15H21NO4/c1-10(13(18)16-15(2,3)4)20-14(19)12-7-5-11(9-17)6-8-12/h5-8,10,17H,9H2,1-4H3,(H,16,18)/t10-/m1/s1. The van der Waals surface area contributed by atoms with Crippen LogP contribution in [0.2, 0.25) is 0 Å². The molecule has 0 fully saturated rings. The van der Waals surface area contributed by atoms with Crippen LogP contribution in [0, 0.1) is 0 Å². The number of hydrogen-bond acceptors (Lipinski definition) is 4. The average molecular weight is 279 g/mol. The second-order valence-electron chi connectivity index (χ2n) is 5.64. The average Bonchev–Trinajstić information content (AvgIpc) is 2.36. The number of carbonyl (C=O) groups is 2. The summed E-state index contributed by atoms with van der Waals surface area (Å²) >= 11 is 0. The van der Waals surface area contributed by atoms with Crippen molar-refractivity contribution in [2.45, 2.75) is 45.9 Å². The summed E-state index contributed by atoms with van der Waals surface area (Å²) in [7, 11) is 0. The summed E-state index contributed by atoms with van der Waals surface area (Å²) in [6.07, 6.45) is -0.862. The number of rotatable bonds is 4. The lowest BCUT2D eigenvalue weighted by molar-refractivity contribution is -0.130. The molecule has 20 heavy (non-hydrogen) atoms. The van der Waals surface area contributed by atoms with Gasteiger partial charge in [0.25, 0.3) is 5.91 Å². The van der Waals surface area contributed by atoms with Crippen LogP contribution in [-0.2, 0) is 16.1 Å². The maximum atomic E-state index is 11.9. The van der Waals surface area contributed by atoms with Crippen molar-refractivity contribution >= 4 is 11.9 Å². The molecule has 0 bridgehead atoms. The van der Waals surface area contributed by atoms with Gasteiger partial charge in [0.1, 0.15) is 0 Å². The Morgan fingerprint density at radius 1 is 1.25 bits per heavy atom. The minimum absolute atomic E-state index is 0.0836. The summed E-state index contributed by atoms with van der Waals surface area (Å²) in [5.74, 6) is -0.899. The van der Waals surface area contributed by atoms with Gasteiger partial charge in [-0.2, -0.15) is 0 Å². The fourth-order valence-electron chi connectivity index (χ4n) is 1.50. The molecule has 0 aliphatic heterocycles. The van der Waals surface area contributed by atoms with Crippen molar-refractivity contribution in [1.82, 2.24) is 5.32 Å². The van der Waals surface area contributed by atoms with E-state index in [1.807, 2.05) is 20.8 Å². The maximum absolute atomic E-state index is 11.9. The van der Waals surface area contributed by atoms with Gasteiger partial charge in [-0.1, -0.05) is 12.1 Å². The number of ether oxygens (including phenoxy) is 1. The third-order valence-electron chi connectivity index (χ3n) is 2.52. The number of aliphatic hydroxyl groups excluding tert-OH is 1. The Kier molecular flexibility index (Phi) is 5.27. The first kappa shape index (κ1) is 16.2. The molecule has 2 N–H and O–H groups in total. The highest BCUT2D eigenvalue weighted by molar-refractivity contribution is 5.92. The van der Waals surface area contributed by atoms with Gasteiger partial charge >= 0.3 is 5.97 Å². The first-order chi connectivity index (χ1) is 9.23. The Labute approximate surface area is 118 Å². The van der Waals surface area contributed by atoms with E-state index in [-0.39, 0.29) is 18.1 Å². The molecule has 0 aliphatic rings. The van der Waals surface area contributed by atoms with Gasteiger partial charge in [0.15, 0.2) is 6.10 Å². The predicted molar refractivity (Wildman–Crippen MR) is 75.1 cm³/mol. The van der Waals surface area contributed by atoms with E-state index >= 15 is 0 Å². The van der Waals surface area contributed by atoms with Crippen LogP contribution >= 0.6 is 0 Å². The summed E-state index contributed by atoms with van der Waals surface area (Å²) in [6, 6.07) is 6.39. The molecule has 110 valence electrons. The van der Waals surface area contributed by atoms with Crippen LogP contribution in [0.3, 0.4) is 0 Å². The van der Waals surface area contributed by atoms with E-state index in [0.717, 1.165) is 0 Å². The third kappa shape index (κ3) is 5.01. The molecular weight excluding hydrogens is 258 g/mol. The molecular formula is C15H21NO4. The molecule has 0 radical (unpaired) electrons. The van der Waals surface area contributed by atoms with E-state index in [1.54, 1.807) is 24.3 Å². The second-order valence-corrected chi connectivity index (χ2v) is 5.64. The highest BCUT2D eigenvalue weighted by atomic mass is 16.5. The zero-order chi connectivity index (χ0) is 15.3. The fourth-order valence-corrected chi connectivity index (χ4v) is 1.50. The zero-order valence-corrected chi connectivity index (χ0v) is 12.3. The predicted octanol–water partition coefficient (Wildman–Crippen LogP) is 1.64. The monoisotopic (exact) mass is 279 g/mol. The Balaban J connectivity index is 2.62. The van der Waals surface area contributed by atoms with Crippen LogP contribution in [0.25, 0.3) is 0 Å². The van der Waals surface area contributed by atoms with Gasteiger partial charge < -0.3 is 15.2 Å². The smallest absolute Gasteiger partial charge is 0.338 e. The lowest BCUT2D eigenvalue weighted by atomic mass is 10.1. The van der Waals surface area contributed by atoms with Gasteiger partial charge in [-0.15, -0.1) is 0 Å². The van der Waals surface area contributed by atoms with Crippen LogP contribution in [0.1, 0.15) is 43.6 Å². The Morgan fingerprint density at radius 2 is 1.80 bits per heavy atom. The van der Waals surface area contributed by atoms with Crippen molar-refractivity contribution in [3.63, 3.8) is 0 Å². The van der Waals surface area contributed by atoms with E-state index in [9.17, 15) is 9.59 Å². The molecule has 1 aromatic carbocycles. The van der Waals surface area contributed by atoms with Crippen molar-refractivity contribution in [3.05, 3.63) is 35.4 Å². The summed E-state index contributed by atoms with van der Waals surface area (Å²) in [5, 5.41) is 11.7.